The fourth-order valence-corrected chi connectivity index (χ4v) is 3.56. The summed E-state index contributed by atoms with van der Waals surface area (Å²) in [4.78, 5) is 30.9. The monoisotopic (exact) mass is 356 g/mol. The Balaban J connectivity index is 1.95. The second-order valence-electron chi connectivity index (χ2n) is 6.32. The van der Waals surface area contributed by atoms with Crippen LogP contribution in [0.2, 0.25) is 0 Å². The quantitative estimate of drug-likeness (QED) is 0.655. The molecule has 0 unspecified atom stereocenters. The molecule has 0 atom stereocenters. The van der Waals surface area contributed by atoms with Crippen LogP contribution in [-0.2, 0) is 16.1 Å². The highest BCUT2D eigenvalue weighted by Crippen LogP contribution is 2.30. The lowest BCUT2D eigenvalue weighted by molar-refractivity contribution is -0.145. The first kappa shape index (κ1) is 17.4. The first-order chi connectivity index (χ1) is 12.0. The number of esters is 1. The molecule has 0 N–H and O–H groups in total. The molecule has 25 heavy (non-hydrogen) atoms. The van der Waals surface area contributed by atoms with Crippen LogP contribution >= 0.6 is 11.3 Å². The molecule has 5 nitrogen and oxygen atoms in total. The molecule has 0 aliphatic rings. The van der Waals surface area contributed by atoms with Gasteiger partial charge in [-0.3, -0.25) is 14.2 Å². The van der Waals surface area contributed by atoms with Gasteiger partial charge in [-0.25, -0.2) is 4.98 Å². The van der Waals surface area contributed by atoms with Crippen LogP contribution in [0.25, 0.3) is 20.7 Å². The number of thiophene rings is 1. The van der Waals surface area contributed by atoms with E-state index in [-0.39, 0.29) is 18.0 Å². The van der Waals surface area contributed by atoms with E-state index in [0.717, 1.165) is 10.4 Å². The topological polar surface area (TPSA) is 61.2 Å². The van der Waals surface area contributed by atoms with Gasteiger partial charge in [-0.2, -0.15) is 0 Å². The second kappa shape index (κ2) is 7.19. The number of hydrogen-bond acceptors (Lipinski definition) is 5. The van der Waals surface area contributed by atoms with Crippen LogP contribution in [0, 0.1) is 12.8 Å². The van der Waals surface area contributed by atoms with E-state index in [9.17, 15) is 9.59 Å². The zero-order chi connectivity index (χ0) is 18.0. The van der Waals surface area contributed by atoms with Gasteiger partial charge in [0.05, 0.1) is 12.0 Å². The number of rotatable bonds is 5. The normalized spacial score (nSPS) is 11.2. The number of aryl methyl sites for hydroxylation is 1. The molecule has 0 saturated heterocycles. The standard InChI is InChI=1S/C19H20N2O3S/c1-12(2)11-24-17(22)10-21-13(3)20-18-15(19(21)23)9-16(25-18)14-7-5-4-6-8-14/h4-9,12H,10-11H2,1-3H3. The number of hydrogen-bond donors (Lipinski definition) is 0. The van der Waals surface area contributed by atoms with Crippen LogP contribution in [0.15, 0.2) is 41.2 Å². The molecule has 130 valence electrons. The van der Waals surface area contributed by atoms with Crippen molar-refractivity contribution in [1.29, 1.82) is 0 Å². The summed E-state index contributed by atoms with van der Waals surface area (Å²) < 4.78 is 6.56. The predicted octanol–water partition coefficient (Wildman–Crippen LogP) is 3.63. The Kier molecular flexibility index (Phi) is 4.99. The minimum absolute atomic E-state index is 0.114. The molecule has 3 rings (SSSR count). The van der Waals surface area contributed by atoms with E-state index < -0.39 is 5.97 Å². The predicted molar refractivity (Wildman–Crippen MR) is 99.9 cm³/mol. The number of carbonyl (C=O) groups excluding carboxylic acids is 1. The summed E-state index contributed by atoms with van der Waals surface area (Å²) >= 11 is 1.48. The van der Waals surface area contributed by atoms with Gasteiger partial charge in [0.25, 0.3) is 5.56 Å². The first-order valence-electron chi connectivity index (χ1n) is 8.17. The van der Waals surface area contributed by atoms with Crippen molar-refractivity contribution in [3.8, 4) is 10.4 Å². The maximum Gasteiger partial charge on any atom is 0.326 e. The van der Waals surface area contributed by atoms with Crippen molar-refractivity contribution in [1.82, 2.24) is 9.55 Å². The number of fused-ring (bicyclic) bond motifs is 1. The summed E-state index contributed by atoms with van der Waals surface area (Å²) in [6, 6.07) is 11.7. The lowest BCUT2D eigenvalue weighted by Gasteiger charge is -2.10. The van der Waals surface area contributed by atoms with Gasteiger partial charge in [-0.05, 0) is 24.5 Å². The van der Waals surface area contributed by atoms with Gasteiger partial charge in [0.2, 0.25) is 0 Å². The van der Waals surface area contributed by atoms with E-state index in [0.29, 0.717) is 22.6 Å². The molecule has 1 aromatic carbocycles. The maximum atomic E-state index is 12.8. The van der Waals surface area contributed by atoms with E-state index in [1.54, 1.807) is 6.92 Å². The van der Waals surface area contributed by atoms with Gasteiger partial charge in [-0.1, -0.05) is 44.2 Å². The molecule has 0 spiro atoms. The molecule has 0 saturated carbocycles. The minimum atomic E-state index is -0.418. The smallest absolute Gasteiger partial charge is 0.326 e. The van der Waals surface area contributed by atoms with Gasteiger partial charge in [0, 0.05) is 4.88 Å². The molecule has 3 aromatic rings. The molecule has 0 aliphatic heterocycles. The fourth-order valence-electron chi connectivity index (χ4n) is 2.48. The van der Waals surface area contributed by atoms with Crippen LogP contribution in [0.4, 0.5) is 0 Å². The molecular weight excluding hydrogens is 336 g/mol. The van der Waals surface area contributed by atoms with Gasteiger partial charge in [-0.15, -0.1) is 11.3 Å². The van der Waals surface area contributed by atoms with Crippen molar-refractivity contribution in [3.05, 3.63) is 52.6 Å². The van der Waals surface area contributed by atoms with Crippen LogP contribution in [0.1, 0.15) is 19.7 Å². The summed E-state index contributed by atoms with van der Waals surface area (Å²) in [5.74, 6) is 0.353. The molecule has 6 heteroatoms. The molecule has 0 bridgehead atoms. The zero-order valence-electron chi connectivity index (χ0n) is 14.5. The van der Waals surface area contributed by atoms with Gasteiger partial charge in [0.1, 0.15) is 17.2 Å². The van der Waals surface area contributed by atoms with Gasteiger partial charge < -0.3 is 4.74 Å². The third-order valence-electron chi connectivity index (χ3n) is 3.77. The molecule has 0 radical (unpaired) electrons. The van der Waals surface area contributed by atoms with Crippen LogP contribution in [0.3, 0.4) is 0 Å². The Morgan fingerprint density at radius 2 is 2.00 bits per heavy atom. The number of ether oxygens (including phenoxy) is 1. The summed E-state index contributed by atoms with van der Waals surface area (Å²) in [5, 5.41) is 0.533. The zero-order valence-corrected chi connectivity index (χ0v) is 15.3. The van der Waals surface area contributed by atoms with Crippen molar-refractivity contribution >= 4 is 27.5 Å². The fraction of sp³-hybridized carbons (Fsp3) is 0.316. The summed E-state index contributed by atoms with van der Waals surface area (Å²) in [5.41, 5.74) is 0.841. The number of nitrogens with zero attached hydrogens (tertiary/aromatic N) is 2. The molecular formula is C19H20N2O3S. The largest absolute Gasteiger partial charge is 0.464 e. The molecule has 0 amide bonds. The number of benzene rings is 1. The van der Waals surface area contributed by atoms with E-state index in [1.165, 1.54) is 15.9 Å². The number of aromatic nitrogens is 2. The Hall–Kier alpha value is -2.47. The molecule has 0 aliphatic carbocycles. The molecule has 2 aromatic heterocycles. The third kappa shape index (κ3) is 3.79. The maximum absolute atomic E-state index is 12.8. The Morgan fingerprint density at radius 3 is 2.68 bits per heavy atom. The SMILES string of the molecule is Cc1nc2sc(-c3ccccc3)cc2c(=O)n1CC(=O)OCC(C)C. The summed E-state index contributed by atoms with van der Waals surface area (Å²) in [6.45, 7) is 5.90. The minimum Gasteiger partial charge on any atom is -0.464 e. The lowest BCUT2D eigenvalue weighted by atomic mass is 10.2. The van der Waals surface area contributed by atoms with Crippen LogP contribution < -0.4 is 5.56 Å². The summed E-state index contributed by atoms with van der Waals surface area (Å²) in [7, 11) is 0. The Labute approximate surface area is 149 Å². The van der Waals surface area contributed by atoms with Crippen molar-refractivity contribution < 1.29 is 9.53 Å². The van der Waals surface area contributed by atoms with Crippen molar-refractivity contribution in [2.45, 2.75) is 27.3 Å². The highest BCUT2D eigenvalue weighted by Gasteiger charge is 2.15. The highest BCUT2D eigenvalue weighted by molar-refractivity contribution is 7.21. The Bertz CT molecular complexity index is 958. The van der Waals surface area contributed by atoms with Crippen molar-refractivity contribution in [2.75, 3.05) is 6.61 Å². The van der Waals surface area contributed by atoms with Gasteiger partial charge in [0.15, 0.2) is 0 Å². The average Bonchev–Trinajstić information content (AvgIpc) is 3.01. The van der Waals surface area contributed by atoms with E-state index >= 15 is 0 Å². The first-order valence-corrected chi connectivity index (χ1v) is 8.99. The average molecular weight is 356 g/mol. The second-order valence-corrected chi connectivity index (χ2v) is 7.35. The van der Waals surface area contributed by atoms with Crippen molar-refractivity contribution in [2.24, 2.45) is 5.92 Å². The molecule has 2 heterocycles. The van der Waals surface area contributed by atoms with Crippen LogP contribution in [-0.4, -0.2) is 22.1 Å². The summed E-state index contributed by atoms with van der Waals surface area (Å²) in [6.07, 6.45) is 0. The van der Waals surface area contributed by atoms with Crippen molar-refractivity contribution in [3.63, 3.8) is 0 Å². The third-order valence-corrected chi connectivity index (χ3v) is 4.84. The van der Waals surface area contributed by atoms with Crippen LogP contribution in [0.5, 0.6) is 0 Å². The van der Waals surface area contributed by atoms with E-state index in [4.69, 9.17) is 4.74 Å². The number of carbonyl (C=O) groups is 1. The van der Waals surface area contributed by atoms with E-state index in [2.05, 4.69) is 4.98 Å². The lowest BCUT2D eigenvalue weighted by Crippen LogP contribution is -2.28. The van der Waals surface area contributed by atoms with E-state index in [1.807, 2.05) is 50.2 Å². The Morgan fingerprint density at radius 1 is 1.28 bits per heavy atom. The van der Waals surface area contributed by atoms with Gasteiger partial charge >= 0.3 is 5.97 Å². The molecule has 0 fully saturated rings. The highest BCUT2D eigenvalue weighted by atomic mass is 32.1.